The van der Waals surface area contributed by atoms with Crippen LogP contribution in [-0.4, -0.2) is 22.4 Å². The highest BCUT2D eigenvalue weighted by atomic mass is 16.1. The van der Waals surface area contributed by atoms with Gasteiger partial charge in [-0.2, -0.15) is 0 Å². The molecule has 2 aromatic heterocycles. The highest BCUT2D eigenvalue weighted by Gasteiger charge is 2.09. The van der Waals surface area contributed by atoms with Crippen LogP contribution in [0.25, 0.3) is 0 Å². The first-order valence-electron chi connectivity index (χ1n) is 7.15. The summed E-state index contributed by atoms with van der Waals surface area (Å²) in [5, 5.41) is 6.03. The molecule has 5 nitrogen and oxygen atoms in total. The first-order valence-corrected chi connectivity index (χ1v) is 7.15. The molecular weight excluding hydrogens is 264 g/mol. The number of aryl methyl sites for hydroxylation is 1. The summed E-state index contributed by atoms with van der Waals surface area (Å²) in [7, 11) is 0. The molecule has 0 aromatic carbocycles. The third-order valence-corrected chi connectivity index (χ3v) is 3.16. The number of pyridine rings is 2. The van der Waals surface area contributed by atoms with E-state index in [1.54, 1.807) is 18.5 Å². The number of hydrogen-bond acceptors (Lipinski definition) is 4. The van der Waals surface area contributed by atoms with Gasteiger partial charge in [-0.25, -0.2) is 0 Å². The van der Waals surface area contributed by atoms with Crippen molar-refractivity contribution in [3.8, 4) is 0 Å². The van der Waals surface area contributed by atoms with Crippen LogP contribution < -0.4 is 10.6 Å². The van der Waals surface area contributed by atoms with Crippen LogP contribution in [0.3, 0.4) is 0 Å². The summed E-state index contributed by atoms with van der Waals surface area (Å²) < 4.78 is 0. The molecule has 0 saturated carbocycles. The Balaban J connectivity index is 2.03. The average Bonchev–Trinajstić information content (AvgIpc) is 2.53. The minimum atomic E-state index is -0.192. The summed E-state index contributed by atoms with van der Waals surface area (Å²) in [5.74, 6) is -0.192. The maximum Gasteiger partial charge on any atom is 0.270 e. The average molecular weight is 284 g/mol. The van der Waals surface area contributed by atoms with Crippen molar-refractivity contribution in [3.05, 3.63) is 53.6 Å². The smallest absolute Gasteiger partial charge is 0.270 e. The first kappa shape index (κ1) is 15.0. The largest absolute Gasteiger partial charge is 0.385 e. The third kappa shape index (κ3) is 4.02. The van der Waals surface area contributed by atoms with E-state index in [4.69, 9.17) is 0 Å². The Morgan fingerprint density at radius 2 is 2.05 bits per heavy atom. The summed E-state index contributed by atoms with van der Waals surface area (Å²) in [5.41, 5.74) is 3.34. The van der Waals surface area contributed by atoms with Gasteiger partial charge in [-0.3, -0.25) is 14.8 Å². The molecule has 0 saturated heterocycles. The second-order valence-corrected chi connectivity index (χ2v) is 4.61. The molecule has 0 atom stereocenters. The molecule has 2 heterocycles. The van der Waals surface area contributed by atoms with Crippen molar-refractivity contribution in [2.45, 2.75) is 26.8 Å². The lowest BCUT2D eigenvalue weighted by molar-refractivity contribution is 0.0945. The van der Waals surface area contributed by atoms with E-state index in [-0.39, 0.29) is 5.91 Å². The predicted molar refractivity (Wildman–Crippen MR) is 83.2 cm³/mol. The van der Waals surface area contributed by atoms with Crippen molar-refractivity contribution >= 4 is 11.6 Å². The highest BCUT2D eigenvalue weighted by molar-refractivity contribution is 5.93. The molecule has 0 bridgehead atoms. The number of amides is 1. The fraction of sp³-hybridized carbons (Fsp3) is 0.312. The van der Waals surface area contributed by atoms with Crippen LogP contribution in [0.15, 0.2) is 36.7 Å². The van der Waals surface area contributed by atoms with Crippen LogP contribution in [-0.2, 0) is 13.0 Å². The fourth-order valence-corrected chi connectivity index (χ4v) is 2.08. The Hall–Kier alpha value is -2.43. The predicted octanol–water partition coefficient (Wildman–Crippen LogP) is 2.40. The van der Waals surface area contributed by atoms with Gasteiger partial charge in [0.25, 0.3) is 5.91 Å². The molecule has 21 heavy (non-hydrogen) atoms. The second-order valence-electron chi connectivity index (χ2n) is 4.61. The van der Waals surface area contributed by atoms with Crippen molar-refractivity contribution in [2.24, 2.45) is 0 Å². The lowest BCUT2D eigenvalue weighted by atomic mass is 10.1. The van der Waals surface area contributed by atoms with Crippen LogP contribution >= 0.6 is 0 Å². The molecule has 0 unspecified atom stereocenters. The second kappa shape index (κ2) is 7.38. The van der Waals surface area contributed by atoms with Gasteiger partial charge in [-0.15, -0.1) is 0 Å². The molecule has 2 N–H and O–H groups in total. The molecule has 0 radical (unpaired) electrons. The zero-order valence-electron chi connectivity index (χ0n) is 12.4. The van der Waals surface area contributed by atoms with Gasteiger partial charge in [-0.05, 0) is 37.1 Å². The standard InChI is InChI=1S/C16H20N4O/c1-3-12-6-5-8-18-15(12)11-20-16(21)14-10-13(17-4-2)7-9-19-14/h5-10H,3-4,11H2,1-2H3,(H,17,19)(H,20,21). The summed E-state index contributed by atoms with van der Waals surface area (Å²) >= 11 is 0. The first-order chi connectivity index (χ1) is 10.2. The number of aromatic nitrogens is 2. The van der Waals surface area contributed by atoms with Crippen LogP contribution in [0.1, 0.15) is 35.6 Å². The molecule has 0 aliphatic heterocycles. The quantitative estimate of drug-likeness (QED) is 0.855. The van der Waals surface area contributed by atoms with E-state index in [0.717, 1.165) is 29.9 Å². The number of nitrogens with zero attached hydrogens (tertiary/aromatic N) is 2. The van der Waals surface area contributed by atoms with E-state index in [1.165, 1.54) is 0 Å². The summed E-state index contributed by atoms with van der Waals surface area (Å²) in [6.45, 7) is 5.30. The van der Waals surface area contributed by atoms with Gasteiger partial charge in [-0.1, -0.05) is 13.0 Å². The number of anilines is 1. The number of carbonyl (C=O) groups excluding carboxylic acids is 1. The molecule has 0 aliphatic rings. The zero-order valence-corrected chi connectivity index (χ0v) is 12.4. The van der Waals surface area contributed by atoms with Gasteiger partial charge in [0.05, 0.1) is 12.2 Å². The van der Waals surface area contributed by atoms with Crippen LogP contribution in [0.2, 0.25) is 0 Å². The van der Waals surface area contributed by atoms with Gasteiger partial charge in [0.2, 0.25) is 0 Å². The highest BCUT2D eigenvalue weighted by Crippen LogP contribution is 2.09. The van der Waals surface area contributed by atoms with Crippen LogP contribution in [0.5, 0.6) is 0 Å². The van der Waals surface area contributed by atoms with E-state index >= 15 is 0 Å². The minimum Gasteiger partial charge on any atom is -0.385 e. The molecule has 0 fully saturated rings. The summed E-state index contributed by atoms with van der Waals surface area (Å²) in [6.07, 6.45) is 4.27. The lowest BCUT2D eigenvalue weighted by Gasteiger charge is -2.09. The number of rotatable bonds is 6. The Morgan fingerprint density at radius 1 is 1.19 bits per heavy atom. The van der Waals surface area contributed by atoms with Gasteiger partial charge in [0.15, 0.2) is 0 Å². The van der Waals surface area contributed by atoms with E-state index in [9.17, 15) is 4.79 Å². The van der Waals surface area contributed by atoms with Crippen LogP contribution in [0, 0.1) is 0 Å². The van der Waals surface area contributed by atoms with Gasteiger partial charge in [0, 0.05) is 24.6 Å². The molecule has 5 heteroatoms. The van der Waals surface area contributed by atoms with E-state index in [1.807, 2.05) is 25.1 Å². The summed E-state index contributed by atoms with van der Waals surface area (Å²) in [4.78, 5) is 20.6. The van der Waals surface area contributed by atoms with Crippen molar-refractivity contribution in [1.29, 1.82) is 0 Å². The molecular formula is C16H20N4O. The molecule has 0 spiro atoms. The van der Waals surface area contributed by atoms with E-state index < -0.39 is 0 Å². The monoisotopic (exact) mass is 284 g/mol. The third-order valence-electron chi connectivity index (χ3n) is 3.16. The van der Waals surface area contributed by atoms with Crippen molar-refractivity contribution < 1.29 is 4.79 Å². The van der Waals surface area contributed by atoms with Gasteiger partial charge < -0.3 is 10.6 Å². The SMILES string of the molecule is CCNc1ccnc(C(=O)NCc2ncccc2CC)c1. The molecule has 2 aromatic rings. The van der Waals surface area contributed by atoms with Crippen molar-refractivity contribution in [2.75, 3.05) is 11.9 Å². The Labute approximate surface area is 124 Å². The normalized spacial score (nSPS) is 10.2. The summed E-state index contributed by atoms with van der Waals surface area (Å²) in [6, 6.07) is 7.52. The Bertz CT molecular complexity index is 613. The maximum absolute atomic E-state index is 12.1. The zero-order chi connectivity index (χ0) is 15.1. The number of hydrogen-bond donors (Lipinski definition) is 2. The van der Waals surface area contributed by atoms with Crippen LogP contribution in [0.4, 0.5) is 5.69 Å². The number of nitrogens with one attached hydrogen (secondary N) is 2. The lowest BCUT2D eigenvalue weighted by Crippen LogP contribution is -2.25. The Morgan fingerprint density at radius 3 is 2.81 bits per heavy atom. The molecule has 0 aliphatic carbocycles. The van der Waals surface area contributed by atoms with Gasteiger partial charge in [0.1, 0.15) is 5.69 Å². The molecule has 1 amide bonds. The van der Waals surface area contributed by atoms with E-state index in [0.29, 0.717) is 12.2 Å². The number of carbonyl (C=O) groups is 1. The van der Waals surface area contributed by atoms with E-state index in [2.05, 4.69) is 27.5 Å². The molecule has 2 rings (SSSR count). The van der Waals surface area contributed by atoms with Crippen molar-refractivity contribution in [3.63, 3.8) is 0 Å². The minimum absolute atomic E-state index is 0.192. The Kier molecular flexibility index (Phi) is 5.26. The van der Waals surface area contributed by atoms with Gasteiger partial charge >= 0.3 is 0 Å². The molecule has 110 valence electrons. The fourth-order valence-electron chi connectivity index (χ4n) is 2.08. The maximum atomic E-state index is 12.1. The van der Waals surface area contributed by atoms with Crippen molar-refractivity contribution in [1.82, 2.24) is 15.3 Å². The topological polar surface area (TPSA) is 66.9 Å².